The molecular weight excluding hydrogens is 225 g/mol. The normalized spacial score (nSPS) is 8.88. The van der Waals surface area contributed by atoms with Crippen LogP contribution in [-0.2, 0) is 0 Å². The van der Waals surface area contributed by atoms with Crippen molar-refractivity contribution in [3.05, 3.63) is 28.3 Å². The minimum atomic E-state index is -2.25. The monoisotopic (exact) mass is 238 g/mol. The van der Waals surface area contributed by atoms with Crippen LogP contribution in [0.2, 0.25) is 0 Å². The number of hydrogen-bond donors (Lipinski definition) is 0. The Hall–Kier alpha value is 1.00. The van der Waals surface area contributed by atoms with E-state index >= 15 is 0 Å². The summed E-state index contributed by atoms with van der Waals surface area (Å²) in [7, 11) is -2.25. The van der Waals surface area contributed by atoms with Crippen molar-refractivity contribution in [3.8, 4) is 5.75 Å². The third-order valence-electron chi connectivity index (χ3n) is 2.66. The van der Waals surface area contributed by atoms with E-state index < -0.39 is 7.32 Å². The average Bonchev–Trinajstić information content (AvgIpc) is 2.10. The first-order chi connectivity index (χ1) is 6.43. The van der Waals surface area contributed by atoms with Crippen LogP contribution >= 0.6 is 0 Å². The maximum atomic E-state index is 10.4. The smallest absolute Gasteiger partial charge is 0.860 e. The molecule has 0 radical (unpaired) electrons. The summed E-state index contributed by atoms with van der Waals surface area (Å²) in [4.78, 5) is 0. The maximum Gasteiger partial charge on any atom is 1.00 e. The zero-order chi connectivity index (χ0) is 10.9. The standard InChI is InChI=1S/C10H13BO3.2Na/c1-6-5-10(14-11(12)13)9(4)8(3)7(6)2;;/h5H,1-4H3;;/q-2;2*+1. The Kier molecular flexibility index (Phi) is 9.88. The Bertz CT molecular complexity index is 356. The molecule has 0 atom stereocenters. The van der Waals surface area contributed by atoms with Gasteiger partial charge in [-0.1, -0.05) is 0 Å². The van der Waals surface area contributed by atoms with Gasteiger partial charge in [0.2, 0.25) is 0 Å². The molecule has 0 bridgehead atoms. The van der Waals surface area contributed by atoms with E-state index in [-0.39, 0.29) is 59.1 Å². The molecule has 0 saturated heterocycles. The molecule has 0 spiro atoms. The van der Waals surface area contributed by atoms with E-state index in [9.17, 15) is 10.0 Å². The van der Waals surface area contributed by atoms with E-state index in [0.29, 0.717) is 5.75 Å². The Morgan fingerprint density at radius 2 is 1.44 bits per heavy atom. The fourth-order valence-electron chi connectivity index (χ4n) is 1.40. The van der Waals surface area contributed by atoms with Crippen LogP contribution in [0.25, 0.3) is 0 Å². The van der Waals surface area contributed by atoms with E-state index in [1.165, 1.54) is 5.56 Å². The minimum absolute atomic E-state index is 0. The second-order valence-corrected chi connectivity index (χ2v) is 3.47. The summed E-state index contributed by atoms with van der Waals surface area (Å²) < 4.78 is 4.65. The van der Waals surface area contributed by atoms with E-state index in [0.717, 1.165) is 16.7 Å². The van der Waals surface area contributed by atoms with Crippen molar-refractivity contribution >= 4 is 7.32 Å². The first-order valence-corrected chi connectivity index (χ1v) is 4.49. The minimum Gasteiger partial charge on any atom is -0.860 e. The summed E-state index contributed by atoms with van der Waals surface area (Å²) in [5.41, 5.74) is 4.14. The SMILES string of the molecule is Cc1cc(OB([O-])[O-])c(C)c(C)c1C.[Na+].[Na+]. The Balaban J connectivity index is 0. The maximum absolute atomic E-state index is 10.4. The van der Waals surface area contributed by atoms with Gasteiger partial charge in [0, 0.05) is 0 Å². The summed E-state index contributed by atoms with van der Waals surface area (Å²) in [5.74, 6) is 0.403. The Morgan fingerprint density at radius 3 is 1.88 bits per heavy atom. The molecule has 0 amide bonds. The molecular formula is C10H13BNa2O3. The van der Waals surface area contributed by atoms with Gasteiger partial charge in [-0.3, -0.25) is 0 Å². The molecule has 1 aromatic carbocycles. The van der Waals surface area contributed by atoms with Crippen molar-refractivity contribution in [2.75, 3.05) is 0 Å². The Labute approximate surface area is 141 Å². The summed E-state index contributed by atoms with van der Waals surface area (Å²) >= 11 is 0. The third kappa shape index (κ3) is 4.71. The number of rotatable bonds is 2. The molecule has 76 valence electrons. The van der Waals surface area contributed by atoms with Crippen molar-refractivity contribution in [1.29, 1.82) is 0 Å². The molecule has 0 N–H and O–H groups in total. The molecule has 0 heterocycles. The molecule has 0 aliphatic rings. The van der Waals surface area contributed by atoms with Crippen LogP contribution in [0.15, 0.2) is 6.07 Å². The van der Waals surface area contributed by atoms with Gasteiger partial charge in [-0.05, 0) is 56.0 Å². The summed E-state index contributed by atoms with van der Waals surface area (Å²) in [5, 5.41) is 20.8. The second-order valence-electron chi connectivity index (χ2n) is 3.47. The van der Waals surface area contributed by atoms with Gasteiger partial charge in [0.1, 0.15) is 7.32 Å². The predicted octanol–water partition coefficient (Wildman–Crippen LogP) is -5.99. The zero-order valence-corrected chi connectivity index (χ0v) is 14.9. The molecule has 3 nitrogen and oxygen atoms in total. The predicted molar refractivity (Wildman–Crippen MR) is 51.8 cm³/mol. The molecule has 0 saturated carbocycles. The van der Waals surface area contributed by atoms with Crippen LogP contribution < -0.4 is 73.8 Å². The van der Waals surface area contributed by atoms with Gasteiger partial charge in [-0.2, -0.15) is 0 Å². The largest absolute Gasteiger partial charge is 1.00 e. The van der Waals surface area contributed by atoms with Gasteiger partial charge in [0.25, 0.3) is 0 Å². The van der Waals surface area contributed by atoms with Crippen LogP contribution in [0.4, 0.5) is 0 Å². The number of aryl methyl sites for hydroxylation is 1. The van der Waals surface area contributed by atoms with Gasteiger partial charge in [-0.15, -0.1) is 0 Å². The third-order valence-corrected chi connectivity index (χ3v) is 2.66. The second kappa shape index (κ2) is 8.17. The number of benzene rings is 1. The van der Waals surface area contributed by atoms with Gasteiger partial charge in [0.15, 0.2) is 0 Å². The van der Waals surface area contributed by atoms with Crippen LogP contribution in [-0.4, -0.2) is 7.32 Å². The average molecular weight is 238 g/mol. The Morgan fingerprint density at radius 1 is 0.938 bits per heavy atom. The molecule has 16 heavy (non-hydrogen) atoms. The zero-order valence-electron chi connectivity index (χ0n) is 10.9. The summed E-state index contributed by atoms with van der Waals surface area (Å²) in [6.07, 6.45) is 0. The van der Waals surface area contributed by atoms with Crippen LogP contribution in [0.1, 0.15) is 22.3 Å². The van der Waals surface area contributed by atoms with Crippen molar-refractivity contribution in [3.63, 3.8) is 0 Å². The molecule has 1 rings (SSSR count). The molecule has 6 heteroatoms. The van der Waals surface area contributed by atoms with Gasteiger partial charge < -0.3 is 14.7 Å². The van der Waals surface area contributed by atoms with Crippen LogP contribution in [0.3, 0.4) is 0 Å². The molecule has 0 aromatic heterocycles. The first-order valence-electron chi connectivity index (χ1n) is 4.49. The van der Waals surface area contributed by atoms with Crippen molar-refractivity contribution in [2.24, 2.45) is 0 Å². The van der Waals surface area contributed by atoms with Crippen molar-refractivity contribution < 1.29 is 73.8 Å². The van der Waals surface area contributed by atoms with Gasteiger partial charge in [-0.25, -0.2) is 0 Å². The van der Waals surface area contributed by atoms with Crippen LogP contribution in [0.5, 0.6) is 5.75 Å². The summed E-state index contributed by atoms with van der Waals surface area (Å²) in [6.45, 7) is 7.74. The van der Waals surface area contributed by atoms with E-state index in [4.69, 9.17) is 0 Å². The summed E-state index contributed by atoms with van der Waals surface area (Å²) in [6, 6.07) is 1.74. The molecule has 0 fully saturated rings. The van der Waals surface area contributed by atoms with E-state index in [1.807, 2.05) is 27.7 Å². The quantitative estimate of drug-likeness (QED) is 0.482. The molecule has 0 unspecified atom stereocenters. The van der Waals surface area contributed by atoms with Gasteiger partial charge >= 0.3 is 59.1 Å². The fraction of sp³-hybridized carbons (Fsp3) is 0.400. The first kappa shape index (κ1) is 19.3. The van der Waals surface area contributed by atoms with E-state index in [1.54, 1.807) is 6.07 Å². The number of hydrogen-bond acceptors (Lipinski definition) is 3. The topological polar surface area (TPSA) is 55.3 Å². The van der Waals surface area contributed by atoms with Crippen LogP contribution in [0, 0.1) is 27.7 Å². The van der Waals surface area contributed by atoms with Gasteiger partial charge in [0.05, 0.1) is 5.75 Å². The molecule has 0 aliphatic heterocycles. The van der Waals surface area contributed by atoms with Crippen molar-refractivity contribution in [1.82, 2.24) is 0 Å². The fourth-order valence-corrected chi connectivity index (χ4v) is 1.40. The molecule has 0 aliphatic carbocycles. The van der Waals surface area contributed by atoms with E-state index in [2.05, 4.69) is 4.65 Å². The van der Waals surface area contributed by atoms with Crippen molar-refractivity contribution in [2.45, 2.75) is 27.7 Å². The molecule has 1 aromatic rings.